The van der Waals surface area contributed by atoms with Crippen molar-refractivity contribution in [3.05, 3.63) is 43.1 Å². The summed E-state index contributed by atoms with van der Waals surface area (Å²) in [6.45, 7) is 11.8. The van der Waals surface area contributed by atoms with E-state index in [1.807, 2.05) is 52.0 Å². The SMILES string of the molecule is C=C[C@@H]1C[C@]1(CC(=O)[C@@H]1CC(Oc2nccc3cc(OC)ccc23)CN1C(=O)[C@@H](C)C(C)(C)C)C(=O)NS(=O)(=O)C1CC1. The van der Waals surface area contributed by atoms with E-state index >= 15 is 0 Å². The van der Waals surface area contributed by atoms with Crippen LogP contribution in [-0.4, -0.2) is 66.9 Å². The molecule has 0 spiro atoms. The number of nitrogens with zero attached hydrogens (tertiary/aromatic N) is 2. The summed E-state index contributed by atoms with van der Waals surface area (Å²) >= 11 is 0. The van der Waals surface area contributed by atoms with Crippen molar-refractivity contribution in [1.29, 1.82) is 0 Å². The minimum absolute atomic E-state index is 0.168. The maximum absolute atomic E-state index is 14.0. The molecular weight excluding hydrogens is 570 g/mol. The maximum atomic E-state index is 14.0. The lowest BCUT2D eigenvalue weighted by atomic mass is 9.81. The molecule has 2 aliphatic carbocycles. The molecule has 2 saturated carbocycles. The number of Topliss-reactive ketones (excluding diaryl/α,β-unsaturated/α-hetero) is 1. The molecule has 2 amide bonds. The highest BCUT2D eigenvalue weighted by molar-refractivity contribution is 7.90. The quantitative estimate of drug-likeness (QED) is 0.377. The van der Waals surface area contributed by atoms with E-state index in [-0.39, 0.29) is 48.3 Å². The van der Waals surface area contributed by atoms with Crippen LogP contribution in [0.3, 0.4) is 0 Å². The Morgan fingerprint density at radius 3 is 2.56 bits per heavy atom. The van der Waals surface area contributed by atoms with Crippen LogP contribution in [0.25, 0.3) is 10.8 Å². The molecule has 5 atom stereocenters. The van der Waals surface area contributed by atoms with Gasteiger partial charge in [-0.2, -0.15) is 0 Å². The summed E-state index contributed by atoms with van der Waals surface area (Å²) in [5.74, 6) is -0.742. The van der Waals surface area contributed by atoms with Crippen LogP contribution in [0.5, 0.6) is 11.6 Å². The minimum atomic E-state index is -3.78. The molecule has 232 valence electrons. The number of nitrogens with one attached hydrogen (secondary N) is 1. The molecule has 2 heterocycles. The van der Waals surface area contributed by atoms with E-state index in [1.54, 1.807) is 24.3 Å². The Hall–Kier alpha value is -3.47. The monoisotopic (exact) mass is 611 g/mol. The molecule has 43 heavy (non-hydrogen) atoms. The number of fused-ring (bicyclic) bond motifs is 1. The summed E-state index contributed by atoms with van der Waals surface area (Å²) in [7, 11) is -2.18. The van der Waals surface area contributed by atoms with Gasteiger partial charge in [0, 0.05) is 30.3 Å². The van der Waals surface area contributed by atoms with Crippen LogP contribution in [0.15, 0.2) is 43.1 Å². The zero-order valence-electron chi connectivity index (χ0n) is 25.5. The summed E-state index contributed by atoms with van der Waals surface area (Å²) in [6.07, 6.45) is 4.13. The molecule has 2 aromatic rings. The number of methoxy groups -OCH3 is 1. The van der Waals surface area contributed by atoms with Crippen molar-refractivity contribution < 1.29 is 32.3 Å². The van der Waals surface area contributed by atoms with Gasteiger partial charge in [0.05, 0.1) is 30.4 Å². The van der Waals surface area contributed by atoms with Gasteiger partial charge in [-0.15, -0.1) is 6.58 Å². The van der Waals surface area contributed by atoms with E-state index < -0.39 is 38.7 Å². The summed E-state index contributed by atoms with van der Waals surface area (Å²) in [4.78, 5) is 47.1. The highest BCUT2D eigenvalue weighted by Crippen LogP contribution is 2.57. The molecule has 1 aromatic carbocycles. The third-order valence-electron chi connectivity index (χ3n) is 9.36. The van der Waals surface area contributed by atoms with Crippen LogP contribution in [0, 0.1) is 22.7 Å². The topological polar surface area (TPSA) is 132 Å². The van der Waals surface area contributed by atoms with Crippen molar-refractivity contribution in [2.45, 2.75) is 77.2 Å². The lowest BCUT2D eigenvalue weighted by molar-refractivity contribution is -0.144. The van der Waals surface area contributed by atoms with Crippen molar-refractivity contribution >= 4 is 38.4 Å². The fourth-order valence-electron chi connectivity index (χ4n) is 5.87. The molecule has 1 saturated heterocycles. The van der Waals surface area contributed by atoms with Gasteiger partial charge >= 0.3 is 0 Å². The number of sulfonamides is 1. The van der Waals surface area contributed by atoms with Gasteiger partial charge in [-0.05, 0) is 60.2 Å². The van der Waals surface area contributed by atoms with Gasteiger partial charge in [0.2, 0.25) is 27.7 Å². The largest absolute Gasteiger partial charge is 0.497 e. The fraction of sp³-hybridized carbons (Fsp3) is 0.562. The van der Waals surface area contributed by atoms with Crippen molar-refractivity contribution in [1.82, 2.24) is 14.6 Å². The van der Waals surface area contributed by atoms with Gasteiger partial charge in [0.1, 0.15) is 11.9 Å². The smallest absolute Gasteiger partial charge is 0.240 e. The number of carbonyl (C=O) groups excluding carboxylic acids is 3. The molecule has 0 bridgehead atoms. The van der Waals surface area contributed by atoms with Crippen LogP contribution in [0.2, 0.25) is 0 Å². The van der Waals surface area contributed by atoms with Gasteiger partial charge in [0.25, 0.3) is 0 Å². The molecule has 0 radical (unpaired) electrons. The molecule has 5 rings (SSSR count). The number of amides is 2. The Morgan fingerprint density at radius 1 is 1.23 bits per heavy atom. The fourth-order valence-corrected chi connectivity index (χ4v) is 7.25. The molecule has 1 aliphatic heterocycles. The number of benzene rings is 1. The number of hydrogen-bond acceptors (Lipinski definition) is 8. The number of pyridine rings is 1. The third kappa shape index (κ3) is 6.14. The van der Waals surface area contributed by atoms with Gasteiger partial charge < -0.3 is 14.4 Å². The highest BCUT2D eigenvalue weighted by Gasteiger charge is 2.61. The average Bonchev–Trinajstić information content (AvgIpc) is 3.88. The van der Waals surface area contributed by atoms with Crippen molar-refractivity contribution in [3.63, 3.8) is 0 Å². The van der Waals surface area contributed by atoms with E-state index in [0.29, 0.717) is 30.9 Å². The Morgan fingerprint density at radius 2 is 1.95 bits per heavy atom. The summed E-state index contributed by atoms with van der Waals surface area (Å²) < 4.78 is 39.0. The first-order valence-corrected chi connectivity index (χ1v) is 16.4. The van der Waals surface area contributed by atoms with Crippen LogP contribution in [0.4, 0.5) is 0 Å². The molecular formula is C32H41N3O7S. The molecule has 1 N–H and O–H groups in total. The highest BCUT2D eigenvalue weighted by atomic mass is 32.2. The summed E-state index contributed by atoms with van der Waals surface area (Å²) in [5, 5.41) is 1.09. The standard InChI is InChI=1S/C32H41N3O7S/c1-7-21-16-32(21,30(38)34-43(39,40)24-9-10-24)17-27(36)26-15-23(18-35(26)29(37)19(2)31(3,4)5)42-28-25-11-8-22(41-6)14-20(25)12-13-33-28/h7-8,11-14,19,21,23-24,26H,1,9-10,15-18H2,2-6H3,(H,34,38)/t19-,21-,23?,26+,32-/m1/s1. The van der Waals surface area contributed by atoms with Gasteiger partial charge in [0.15, 0.2) is 5.78 Å². The predicted octanol–water partition coefficient (Wildman–Crippen LogP) is 4.03. The number of likely N-dealkylation sites (tertiary alicyclic amines) is 1. The molecule has 1 unspecified atom stereocenters. The van der Waals surface area contributed by atoms with Gasteiger partial charge in [-0.1, -0.05) is 33.8 Å². The van der Waals surface area contributed by atoms with Crippen LogP contribution >= 0.6 is 0 Å². The first-order valence-electron chi connectivity index (χ1n) is 14.8. The number of allylic oxidation sites excluding steroid dienone is 1. The number of ether oxygens (including phenoxy) is 2. The van der Waals surface area contributed by atoms with E-state index in [9.17, 15) is 22.8 Å². The van der Waals surface area contributed by atoms with Crippen LogP contribution in [-0.2, 0) is 24.4 Å². The van der Waals surface area contributed by atoms with E-state index in [1.165, 1.54) is 0 Å². The molecule has 11 heteroatoms. The zero-order valence-corrected chi connectivity index (χ0v) is 26.3. The Kier molecular flexibility index (Phi) is 8.09. The first-order chi connectivity index (χ1) is 20.2. The molecule has 3 fully saturated rings. The number of hydrogen-bond donors (Lipinski definition) is 1. The predicted molar refractivity (Wildman–Crippen MR) is 162 cm³/mol. The number of rotatable bonds is 11. The molecule has 3 aliphatic rings. The number of aromatic nitrogens is 1. The van der Waals surface area contributed by atoms with Crippen molar-refractivity contribution in [3.8, 4) is 11.6 Å². The number of carbonyl (C=O) groups is 3. The van der Waals surface area contributed by atoms with E-state index in [0.717, 1.165) is 10.8 Å². The average molecular weight is 612 g/mol. The minimum Gasteiger partial charge on any atom is -0.497 e. The Balaban J connectivity index is 1.39. The number of ketones is 1. The summed E-state index contributed by atoms with van der Waals surface area (Å²) in [5.41, 5.74) is -1.54. The maximum Gasteiger partial charge on any atom is 0.240 e. The first kappa shape index (κ1) is 31.0. The van der Waals surface area contributed by atoms with E-state index in [4.69, 9.17) is 9.47 Å². The Bertz CT molecular complexity index is 1560. The van der Waals surface area contributed by atoms with Crippen LogP contribution < -0.4 is 14.2 Å². The zero-order chi connectivity index (χ0) is 31.3. The van der Waals surface area contributed by atoms with E-state index in [2.05, 4.69) is 16.3 Å². The van der Waals surface area contributed by atoms with Crippen LogP contribution in [0.1, 0.15) is 59.8 Å². The van der Waals surface area contributed by atoms with Crippen molar-refractivity contribution in [2.24, 2.45) is 22.7 Å². The second-order valence-corrected chi connectivity index (χ2v) is 15.3. The summed E-state index contributed by atoms with van der Waals surface area (Å²) in [6, 6.07) is 6.59. The third-order valence-corrected chi connectivity index (χ3v) is 11.2. The molecule has 1 aromatic heterocycles. The lowest BCUT2D eigenvalue weighted by Gasteiger charge is -2.33. The second kappa shape index (κ2) is 11.2. The Labute approximate surface area is 253 Å². The van der Waals surface area contributed by atoms with Gasteiger partial charge in [-0.3, -0.25) is 19.1 Å². The molecule has 10 nitrogen and oxygen atoms in total. The van der Waals surface area contributed by atoms with Gasteiger partial charge in [-0.25, -0.2) is 13.4 Å². The van der Waals surface area contributed by atoms with Crippen molar-refractivity contribution in [2.75, 3.05) is 13.7 Å². The lowest BCUT2D eigenvalue weighted by Crippen LogP contribution is -2.47. The normalized spacial score (nSPS) is 26.1. The second-order valence-electron chi connectivity index (χ2n) is 13.3.